The van der Waals surface area contributed by atoms with Crippen LogP contribution in [0.4, 0.5) is 4.79 Å². The third kappa shape index (κ3) is 4.29. The van der Waals surface area contributed by atoms with E-state index in [4.69, 9.17) is 14.9 Å². The third-order valence-corrected chi connectivity index (χ3v) is 2.83. The minimum atomic E-state index is -1.26. The zero-order valence-corrected chi connectivity index (χ0v) is 12.6. The Hall–Kier alpha value is -3.43. The lowest BCUT2D eigenvalue weighted by Gasteiger charge is -2.11. The summed E-state index contributed by atoms with van der Waals surface area (Å²) < 4.78 is 10.5. The number of amides is 3. The Morgan fingerprint density at radius 3 is 2.62 bits per heavy atom. The van der Waals surface area contributed by atoms with Crippen LogP contribution >= 0.6 is 0 Å². The van der Waals surface area contributed by atoms with Gasteiger partial charge in [-0.25, -0.2) is 9.59 Å². The molecule has 3 amide bonds. The van der Waals surface area contributed by atoms with Crippen LogP contribution in [-0.4, -0.2) is 33.8 Å². The van der Waals surface area contributed by atoms with Crippen molar-refractivity contribution in [3.63, 3.8) is 0 Å². The average molecular weight is 334 g/mol. The molecule has 0 aliphatic heterocycles. The highest BCUT2D eigenvalue weighted by Gasteiger charge is 2.20. The van der Waals surface area contributed by atoms with E-state index in [1.54, 1.807) is 35.6 Å². The molecule has 10 nitrogen and oxygen atoms in total. The van der Waals surface area contributed by atoms with Gasteiger partial charge < -0.3 is 14.9 Å². The van der Waals surface area contributed by atoms with E-state index < -0.39 is 36.3 Å². The molecule has 0 radical (unpaired) electrons. The number of aromatic nitrogens is 2. The zero-order valence-electron chi connectivity index (χ0n) is 12.6. The number of imide groups is 1. The number of hydrogen-bond donors (Lipinski definition) is 2. The smallest absolute Gasteiger partial charge is 0.437 e. The Morgan fingerprint density at radius 1 is 1.33 bits per heavy atom. The molecule has 1 aromatic carbocycles. The van der Waals surface area contributed by atoms with Gasteiger partial charge in [0, 0.05) is 5.56 Å². The minimum Gasteiger partial charge on any atom is -0.451 e. The number of urea groups is 1. The summed E-state index contributed by atoms with van der Waals surface area (Å²) in [6, 6.07) is 7.56. The van der Waals surface area contributed by atoms with Crippen LogP contribution in [0.1, 0.15) is 6.92 Å². The van der Waals surface area contributed by atoms with E-state index in [0.717, 1.165) is 4.68 Å². The quantitative estimate of drug-likeness (QED) is 0.709. The van der Waals surface area contributed by atoms with Gasteiger partial charge in [0.15, 0.2) is 6.10 Å². The Morgan fingerprint density at radius 2 is 2.00 bits per heavy atom. The number of rotatable bonds is 5. The summed E-state index contributed by atoms with van der Waals surface area (Å²) in [7, 11) is 0. The third-order valence-electron chi connectivity index (χ3n) is 2.83. The summed E-state index contributed by atoms with van der Waals surface area (Å²) in [5, 5.41) is 5.65. The maximum Gasteiger partial charge on any atom is 0.437 e. The fourth-order valence-electron chi connectivity index (χ4n) is 1.74. The van der Waals surface area contributed by atoms with Crippen molar-refractivity contribution in [3.05, 3.63) is 40.9 Å². The Bertz CT molecular complexity index is 810. The van der Waals surface area contributed by atoms with E-state index >= 15 is 0 Å². The number of hydrogen-bond acceptors (Lipinski definition) is 7. The highest BCUT2D eigenvalue weighted by Crippen LogP contribution is 2.13. The van der Waals surface area contributed by atoms with Gasteiger partial charge in [-0.1, -0.05) is 18.2 Å². The lowest BCUT2D eigenvalue weighted by Crippen LogP contribution is -2.42. The van der Waals surface area contributed by atoms with Gasteiger partial charge in [0.2, 0.25) is 5.89 Å². The number of benzene rings is 1. The van der Waals surface area contributed by atoms with Gasteiger partial charge >= 0.3 is 17.8 Å². The van der Waals surface area contributed by atoms with Gasteiger partial charge in [0.1, 0.15) is 6.54 Å². The van der Waals surface area contributed by atoms with Crippen LogP contribution < -0.4 is 16.8 Å². The van der Waals surface area contributed by atoms with Crippen molar-refractivity contribution < 1.29 is 23.5 Å². The van der Waals surface area contributed by atoms with Crippen LogP contribution in [0.3, 0.4) is 0 Å². The van der Waals surface area contributed by atoms with E-state index in [1.807, 2.05) is 0 Å². The van der Waals surface area contributed by atoms with E-state index in [-0.39, 0.29) is 5.89 Å². The Balaban J connectivity index is 2.02. The van der Waals surface area contributed by atoms with Gasteiger partial charge in [-0.15, -0.1) is 5.10 Å². The number of nitrogens with two attached hydrogens (primary N) is 1. The second-order valence-electron chi connectivity index (χ2n) is 4.68. The van der Waals surface area contributed by atoms with E-state index in [9.17, 15) is 19.2 Å². The summed E-state index contributed by atoms with van der Waals surface area (Å²) >= 11 is 0. The molecule has 3 N–H and O–H groups in total. The summed E-state index contributed by atoms with van der Waals surface area (Å²) in [6.45, 7) is 0.695. The molecule has 0 aliphatic rings. The monoisotopic (exact) mass is 334 g/mol. The van der Waals surface area contributed by atoms with Crippen LogP contribution in [0.25, 0.3) is 11.5 Å². The highest BCUT2D eigenvalue weighted by molar-refractivity contribution is 5.96. The number of nitrogens with zero attached hydrogens (tertiary/aromatic N) is 2. The van der Waals surface area contributed by atoms with Crippen LogP contribution in [-0.2, 0) is 20.9 Å². The topological polar surface area (TPSA) is 147 Å². The number of nitrogens with one attached hydrogen (secondary N) is 1. The molecule has 24 heavy (non-hydrogen) atoms. The molecular formula is C14H14N4O6. The normalized spacial score (nSPS) is 11.5. The van der Waals surface area contributed by atoms with Crippen molar-refractivity contribution in [2.75, 3.05) is 0 Å². The SMILES string of the molecule is C[C@H](OC(=O)Cn1nc(-c2ccccc2)oc1=O)C(=O)NC(N)=O. The molecule has 1 heterocycles. The fourth-order valence-corrected chi connectivity index (χ4v) is 1.74. The molecule has 0 saturated heterocycles. The zero-order chi connectivity index (χ0) is 17.7. The second-order valence-corrected chi connectivity index (χ2v) is 4.68. The summed E-state index contributed by atoms with van der Waals surface area (Å²) in [4.78, 5) is 45.4. The first-order chi connectivity index (χ1) is 11.4. The highest BCUT2D eigenvalue weighted by atomic mass is 16.5. The van der Waals surface area contributed by atoms with E-state index in [0.29, 0.717) is 5.56 Å². The average Bonchev–Trinajstić information content (AvgIpc) is 2.88. The lowest BCUT2D eigenvalue weighted by molar-refractivity contribution is -0.155. The molecule has 0 aliphatic carbocycles. The van der Waals surface area contributed by atoms with Crippen LogP contribution in [0.2, 0.25) is 0 Å². The molecule has 2 rings (SSSR count). The van der Waals surface area contributed by atoms with Crippen molar-refractivity contribution in [1.29, 1.82) is 0 Å². The number of carbonyl (C=O) groups is 3. The van der Waals surface area contributed by atoms with Gasteiger partial charge in [-0.05, 0) is 19.1 Å². The molecule has 1 aromatic heterocycles. The van der Waals surface area contributed by atoms with Crippen molar-refractivity contribution in [3.8, 4) is 11.5 Å². The lowest BCUT2D eigenvalue weighted by atomic mass is 10.2. The van der Waals surface area contributed by atoms with Crippen molar-refractivity contribution in [2.24, 2.45) is 5.73 Å². The van der Waals surface area contributed by atoms with Crippen molar-refractivity contribution in [2.45, 2.75) is 19.6 Å². The predicted octanol–water partition coefficient (Wildman–Crippen LogP) is -0.370. The first-order valence-electron chi connectivity index (χ1n) is 6.80. The standard InChI is InChI=1S/C14H14N4O6/c1-8(11(20)16-13(15)21)23-10(19)7-18-14(22)24-12(17-18)9-5-3-2-4-6-9/h2-6,8H,7H2,1H3,(H3,15,16,20,21)/t8-/m0/s1. The summed E-state index contributed by atoms with van der Waals surface area (Å²) in [5.74, 6) is -2.58. The maximum atomic E-state index is 11.8. The molecular weight excluding hydrogens is 320 g/mol. The van der Waals surface area contributed by atoms with Crippen LogP contribution in [0.15, 0.2) is 39.5 Å². The van der Waals surface area contributed by atoms with E-state index in [2.05, 4.69) is 5.10 Å². The Kier molecular flexibility index (Phi) is 5.09. The molecule has 10 heteroatoms. The second kappa shape index (κ2) is 7.22. The Labute approximate surface area is 135 Å². The first-order valence-corrected chi connectivity index (χ1v) is 6.80. The van der Waals surface area contributed by atoms with Crippen molar-refractivity contribution in [1.82, 2.24) is 15.1 Å². The molecule has 0 bridgehead atoms. The van der Waals surface area contributed by atoms with Crippen LogP contribution in [0, 0.1) is 0 Å². The van der Waals surface area contributed by atoms with Gasteiger partial charge in [0.25, 0.3) is 5.91 Å². The summed E-state index contributed by atoms with van der Waals surface area (Å²) in [5.41, 5.74) is 5.35. The largest absolute Gasteiger partial charge is 0.451 e. The number of esters is 1. The van der Waals surface area contributed by atoms with Crippen molar-refractivity contribution >= 4 is 17.9 Å². The predicted molar refractivity (Wildman–Crippen MR) is 79.5 cm³/mol. The van der Waals surface area contributed by atoms with Gasteiger partial charge in [-0.2, -0.15) is 4.68 Å². The number of primary amides is 1. The minimum absolute atomic E-state index is 0.0490. The molecule has 0 fully saturated rings. The van der Waals surface area contributed by atoms with Gasteiger partial charge in [0.05, 0.1) is 0 Å². The van der Waals surface area contributed by atoms with E-state index in [1.165, 1.54) is 6.92 Å². The molecule has 2 aromatic rings. The summed E-state index contributed by atoms with van der Waals surface area (Å²) in [6.07, 6.45) is -1.26. The number of carbonyl (C=O) groups excluding carboxylic acids is 3. The molecule has 0 saturated carbocycles. The molecule has 126 valence electrons. The van der Waals surface area contributed by atoms with Crippen LogP contribution in [0.5, 0.6) is 0 Å². The maximum absolute atomic E-state index is 11.8. The fraction of sp³-hybridized carbons (Fsp3) is 0.214. The number of ether oxygens (including phenoxy) is 1. The molecule has 0 spiro atoms. The van der Waals surface area contributed by atoms with Gasteiger partial charge in [-0.3, -0.25) is 14.9 Å². The molecule has 1 atom stereocenters. The first kappa shape index (κ1) is 16.9. The molecule has 0 unspecified atom stereocenters.